The number of nitrogens with two attached hydrogens (primary N) is 1. The van der Waals surface area contributed by atoms with Crippen LogP contribution in [0.2, 0.25) is 0 Å². The molecule has 0 spiro atoms. The van der Waals surface area contributed by atoms with Crippen molar-refractivity contribution in [1.29, 1.82) is 0 Å². The molecule has 0 aromatic rings. The average Bonchev–Trinajstić information content (AvgIpc) is 2.17. The van der Waals surface area contributed by atoms with Crippen LogP contribution in [0.15, 0.2) is 0 Å². The maximum atomic E-state index is 5.74. The largest absolute Gasteiger partial charge is 0.330 e. The molecule has 0 radical (unpaired) electrons. The van der Waals surface area contributed by atoms with Gasteiger partial charge in [0.2, 0.25) is 0 Å². The maximum Gasteiger partial charge on any atom is 0.0252 e. The first kappa shape index (κ1) is 14.9. The third kappa shape index (κ3) is 2.94. The number of nitrogens with zero attached hydrogens (tertiary/aromatic N) is 1. The van der Waals surface area contributed by atoms with Gasteiger partial charge in [-0.05, 0) is 45.3 Å². The van der Waals surface area contributed by atoms with Gasteiger partial charge in [-0.1, -0.05) is 34.1 Å². The van der Waals surface area contributed by atoms with E-state index in [4.69, 9.17) is 5.73 Å². The van der Waals surface area contributed by atoms with E-state index >= 15 is 0 Å². The first-order chi connectivity index (χ1) is 6.97. The van der Waals surface area contributed by atoms with Gasteiger partial charge in [-0.3, -0.25) is 0 Å². The molecule has 2 nitrogen and oxygen atoms in total. The van der Waals surface area contributed by atoms with Crippen molar-refractivity contribution in [2.45, 2.75) is 52.5 Å². The van der Waals surface area contributed by atoms with Crippen molar-refractivity contribution in [2.24, 2.45) is 17.6 Å². The minimum absolute atomic E-state index is 0.314. The standard InChI is InChI=1S/C13H30N2/c1-7-12(9-10-14)13(8-2,11(3)4)15(5)6/h11-12H,7-10,14H2,1-6H3. The molecular formula is C13H30N2. The highest BCUT2D eigenvalue weighted by Crippen LogP contribution is 2.38. The van der Waals surface area contributed by atoms with Crippen LogP contribution in [-0.4, -0.2) is 31.1 Å². The zero-order valence-electron chi connectivity index (χ0n) is 11.5. The summed E-state index contributed by atoms with van der Waals surface area (Å²) < 4.78 is 0. The van der Waals surface area contributed by atoms with E-state index in [1.807, 2.05) is 0 Å². The minimum Gasteiger partial charge on any atom is -0.330 e. The van der Waals surface area contributed by atoms with Crippen LogP contribution in [-0.2, 0) is 0 Å². The monoisotopic (exact) mass is 214 g/mol. The Kier molecular flexibility index (Phi) is 6.46. The SMILES string of the molecule is CCC(CCN)C(CC)(C(C)C)N(C)C. The second-order valence-electron chi connectivity index (χ2n) is 5.08. The molecule has 92 valence electrons. The molecule has 2 atom stereocenters. The molecule has 15 heavy (non-hydrogen) atoms. The van der Waals surface area contributed by atoms with Gasteiger partial charge < -0.3 is 10.6 Å². The van der Waals surface area contributed by atoms with Gasteiger partial charge in [0.1, 0.15) is 0 Å². The first-order valence-electron chi connectivity index (χ1n) is 6.34. The van der Waals surface area contributed by atoms with E-state index in [9.17, 15) is 0 Å². The molecule has 0 saturated heterocycles. The molecule has 0 heterocycles. The highest BCUT2D eigenvalue weighted by molar-refractivity contribution is 4.95. The Balaban J connectivity index is 5.01. The third-order valence-corrected chi connectivity index (χ3v) is 4.11. The lowest BCUT2D eigenvalue weighted by atomic mass is 9.70. The van der Waals surface area contributed by atoms with Gasteiger partial charge in [-0.15, -0.1) is 0 Å². The van der Waals surface area contributed by atoms with Crippen molar-refractivity contribution in [3.63, 3.8) is 0 Å². The van der Waals surface area contributed by atoms with E-state index in [2.05, 4.69) is 46.7 Å². The quantitative estimate of drug-likeness (QED) is 0.706. The van der Waals surface area contributed by atoms with Gasteiger partial charge >= 0.3 is 0 Å². The molecule has 0 aliphatic heterocycles. The molecule has 0 aromatic carbocycles. The smallest absolute Gasteiger partial charge is 0.0252 e. The fraction of sp³-hybridized carbons (Fsp3) is 1.00. The molecule has 2 heteroatoms. The van der Waals surface area contributed by atoms with Crippen molar-refractivity contribution in [3.05, 3.63) is 0 Å². The van der Waals surface area contributed by atoms with Crippen LogP contribution in [0, 0.1) is 11.8 Å². The number of rotatable bonds is 7. The highest BCUT2D eigenvalue weighted by atomic mass is 15.2. The number of hydrogen-bond donors (Lipinski definition) is 1. The van der Waals surface area contributed by atoms with Gasteiger partial charge in [0.05, 0.1) is 0 Å². The lowest BCUT2D eigenvalue weighted by Crippen LogP contribution is -2.54. The van der Waals surface area contributed by atoms with Crippen LogP contribution in [0.25, 0.3) is 0 Å². The summed E-state index contributed by atoms with van der Waals surface area (Å²) in [6.07, 6.45) is 3.57. The molecule has 0 aliphatic carbocycles. The van der Waals surface area contributed by atoms with Crippen LogP contribution in [0.4, 0.5) is 0 Å². The van der Waals surface area contributed by atoms with Gasteiger partial charge in [0, 0.05) is 5.54 Å². The molecule has 0 rings (SSSR count). The van der Waals surface area contributed by atoms with Gasteiger partial charge in [-0.25, -0.2) is 0 Å². The zero-order chi connectivity index (χ0) is 12.1. The summed E-state index contributed by atoms with van der Waals surface area (Å²) in [6, 6.07) is 0. The van der Waals surface area contributed by atoms with Crippen molar-refractivity contribution in [1.82, 2.24) is 4.90 Å². The first-order valence-corrected chi connectivity index (χ1v) is 6.34. The highest BCUT2D eigenvalue weighted by Gasteiger charge is 2.40. The summed E-state index contributed by atoms with van der Waals surface area (Å²) in [4.78, 5) is 2.42. The van der Waals surface area contributed by atoms with Crippen molar-refractivity contribution in [2.75, 3.05) is 20.6 Å². The second kappa shape index (κ2) is 6.49. The van der Waals surface area contributed by atoms with E-state index in [0.717, 1.165) is 13.0 Å². The predicted molar refractivity (Wildman–Crippen MR) is 69.0 cm³/mol. The van der Waals surface area contributed by atoms with Crippen LogP contribution in [0.3, 0.4) is 0 Å². The number of hydrogen-bond acceptors (Lipinski definition) is 2. The third-order valence-electron chi connectivity index (χ3n) is 4.11. The van der Waals surface area contributed by atoms with E-state index in [1.165, 1.54) is 12.8 Å². The fourth-order valence-electron chi connectivity index (χ4n) is 3.37. The summed E-state index contributed by atoms with van der Waals surface area (Å²) >= 11 is 0. The van der Waals surface area contributed by atoms with Crippen LogP contribution < -0.4 is 5.73 Å². The Bertz CT molecular complexity index is 156. The van der Waals surface area contributed by atoms with Gasteiger partial charge in [-0.2, -0.15) is 0 Å². The van der Waals surface area contributed by atoms with Gasteiger partial charge in [0.25, 0.3) is 0 Å². The van der Waals surface area contributed by atoms with E-state index < -0.39 is 0 Å². The fourth-order valence-corrected chi connectivity index (χ4v) is 3.37. The molecular weight excluding hydrogens is 184 g/mol. The zero-order valence-corrected chi connectivity index (χ0v) is 11.5. The Morgan fingerprint density at radius 3 is 1.93 bits per heavy atom. The van der Waals surface area contributed by atoms with E-state index in [1.54, 1.807) is 0 Å². The van der Waals surface area contributed by atoms with Crippen molar-refractivity contribution >= 4 is 0 Å². The predicted octanol–water partition coefficient (Wildman–Crippen LogP) is 2.73. The lowest BCUT2D eigenvalue weighted by molar-refractivity contribution is 0.0202. The molecule has 0 saturated carbocycles. The lowest BCUT2D eigenvalue weighted by Gasteiger charge is -2.49. The molecule has 0 aliphatic rings. The molecule has 0 fully saturated rings. The summed E-state index contributed by atoms with van der Waals surface area (Å²) in [5, 5.41) is 0. The average molecular weight is 214 g/mol. The van der Waals surface area contributed by atoms with Crippen LogP contribution in [0.5, 0.6) is 0 Å². The van der Waals surface area contributed by atoms with Crippen molar-refractivity contribution in [3.8, 4) is 0 Å². The summed E-state index contributed by atoms with van der Waals surface area (Å²) in [5.41, 5.74) is 6.05. The Hall–Kier alpha value is -0.0800. The summed E-state index contributed by atoms with van der Waals surface area (Å²) in [6.45, 7) is 10.1. The van der Waals surface area contributed by atoms with Gasteiger partial charge in [0.15, 0.2) is 0 Å². The molecule has 2 unspecified atom stereocenters. The normalized spacial score (nSPS) is 18.2. The summed E-state index contributed by atoms with van der Waals surface area (Å²) in [7, 11) is 4.42. The molecule has 0 amide bonds. The molecule has 0 aromatic heterocycles. The topological polar surface area (TPSA) is 29.3 Å². The van der Waals surface area contributed by atoms with E-state index in [0.29, 0.717) is 17.4 Å². The second-order valence-corrected chi connectivity index (χ2v) is 5.08. The molecule has 2 N–H and O–H groups in total. The van der Waals surface area contributed by atoms with Crippen molar-refractivity contribution < 1.29 is 0 Å². The minimum atomic E-state index is 0.314. The summed E-state index contributed by atoms with van der Waals surface area (Å²) in [5.74, 6) is 1.39. The Morgan fingerprint density at radius 2 is 1.73 bits per heavy atom. The van der Waals surface area contributed by atoms with E-state index in [-0.39, 0.29) is 0 Å². The Morgan fingerprint density at radius 1 is 1.20 bits per heavy atom. The maximum absolute atomic E-state index is 5.74. The van der Waals surface area contributed by atoms with Crippen LogP contribution >= 0.6 is 0 Å². The Labute approximate surface area is 96.2 Å². The molecule has 0 bridgehead atoms. The van der Waals surface area contributed by atoms with Crippen LogP contribution in [0.1, 0.15) is 47.0 Å².